The highest BCUT2D eigenvalue weighted by molar-refractivity contribution is 5.78. The number of hydrazine groups is 1. The summed E-state index contributed by atoms with van der Waals surface area (Å²) in [6.07, 6.45) is 2.26. The Morgan fingerprint density at radius 2 is 2.00 bits per heavy atom. The maximum atomic E-state index is 11.7. The zero-order chi connectivity index (χ0) is 13.8. The number of fused-ring (bicyclic) bond motifs is 1. The molecule has 1 heterocycles. The molecule has 1 aliphatic rings. The Morgan fingerprint density at radius 1 is 1.32 bits per heavy atom. The third kappa shape index (κ3) is 3.14. The minimum Gasteiger partial charge on any atom is -0.296 e. The first-order chi connectivity index (χ1) is 9.13. The van der Waals surface area contributed by atoms with Crippen LogP contribution in [0.2, 0.25) is 0 Å². The van der Waals surface area contributed by atoms with E-state index in [4.69, 9.17) is 5.84 Å². The van der Waals surface area contributed by atoms with Gasteiger partial charge in [-0.3, -0.25) is 15.1 Å². The molecule has 0 aromatic heterocycles. The van der Waals surface area contributed by atoms with Crippen LogP contribution in [-0.4, -0.2) is 23.4 Å². The average Bonchev–Trinajstić information content (AvgIpc) is 2.66. The fourth-order valence-corrected chi connectivity index (χ4v) is 2.74. The molecule has 2 unspecified atom stereocenters. The lowest BCUT2D eigenvalue weighted by Gasteiger charge is -2.31. The molecule has 0 saturated heterocycles. The van der Waals surface area contributed by atoms with Crippen molar-refractivity contribution >= 4 is 5.91 Å². The van der Waals surface area contributed by atoms with Crippen LogP contribution in [0.3, 0.4) is 0 Å². The summed E-state index contributed by atoms with van der Waals surface area (Å²) in [5, 5.41) is 0. The number of amides is 1. The molecule has 1 amide bonds. The largest absolute Gasteiger partial charge is 0.296 e. The molecule has 0 bridgehead atoms. The van der Waals surface area contributed by atoms with Crippen molar-refractivity contribution in [1.82, 2.24) is 10.3 Å². The summed E-state index contributed by atoms with van der Waals surface area (Å²) in [5.41, 5.74) is 5.07. The molecule has 3 N–H and O–H groups in total. The van der Waals surface area contributed by atoms with Crippen molar-refractivity contribution in [2.75, 3.05) is 6.54 Å². The number of hydrogen-bond acceptors (Lipinski definition) is 3. The van der Waals surface area contributed by atoms with Crippen molar-refractivity contribution in [1.29, 1.82) is 0 Å². The number of benzene rings is 1. The van der Waals surface area contributed by atoms with Gasteiger partial charge in [-0.1, -0.05) is 31.2 Å². The van der Waals surface area contributed by atoms with Crippen LogP contribution in [0.1, 0.15) is 31.4 Å². The van der Waals surface area contributed by atoms with E-state index < -0.39 is 0 Å². The van der Waals surface area contributed by atoms with E-state index in [0.717, 1.165) is 25.9 Å². The van der Waals surface area contributed by atoms with Crippen LogP contribution >= 0.6 is 0 Å². The van der Waals surface area contributed by atoms with Crippen molar-refractivity contribution in [2.24, 2.45) is 11.8 Å². The first-order valence-corrected chi connectivity index (χ1v) is 6.94. The Bertz CT molecular complexity index is 447. The van der Waals surface area contributed by atoms with Gasteiger partial charge in [0.15, 0.2) is 0 Å². The van der Waals surface area contributed by atoms with Crippen LogP contribution in [-0.2, 0) is 17.8 Å². The number of rotatable bonds is 3. The van der Waals surface area contributed by atoms with Crippen molar-refractivity contribution in [3.8, 4) is 0 Å². The minimum absolute atomic E-state index is 0.0926. The molecule has 0 fully saturated rings. The van der Waals surface area contributed by atoms with Gasteiger partial charge in [0.1, 0.15) is 0 Å². The van der Waals surface area contributed by atoms with Crippen molar-refractivity contribution in [3.63, 3.8) is 0 Å². The number of nitrogens with zero attached hydrogens (tertiary/aromatic N) is 1. The molecule has 1 aromatic carbocycles. The SMILES string of the molecule is CC(C(=O)NN)C(C)N1CCCc2ccccc2C1. The molecule has 2 atom stereocenters. The van der Waals surface area contributed by atoms with Crippen LogP contribution in [0.15, 0.2) is 24.3 Å². The van der Waals surface area contributed by atoms with Crippen molar-refractivity contribution in [2.45, 2.75) is 39.3 Å². The van der Waals surface area contributed by atoms with Gasteiger partial charge in [0.05, 0.1) is 5.92 Å². The first-order valence-electron chi connectivity index (χ1n) is 6.94. The van der Waals surface area contributed by atoms with Gasteiger partial charge in [-0.2, -0.15) is 0 Å². The number of carbonyl (C=O) groups excluding carboxylic acids is 1. The van der Waals surface area contributed by atoms with Gasteiger partial charge in [0, 0.05) is 12.6 Å². The van der Waals surface area contributed by atoms with Crippen LogP contribution in [0.5, 0.6) is 0 Å². The summed E-state index contributed by atoms with van der Waals surface area (Å²) in [6, 6.07) is 8.77. The molecule has 2 rings (SSSR count). The van der Waals surface area contributed by atoms with E-state index in [2.05, 4.69) is 41.5 Å². The number of aryl methyl sites for hydroxylation is 1. The van der Waals surface area contributed by atoms with Gasteiger partial charge in [0.25, 0.3) is 0 Å². The maximum absolute atomic E-state index is 11.7. The molecule has 4 heteroatoms. The molecule has 0 saturated carbocycles. The molecule has 0 radical (unpaired) electrons. The third-order valence-corrected chi connectivity index (χ3v) is 4.24. The van der Waals surface area contributed by atoms with Gasteiger partial charge in [-0.25, -0.2) is 5.84 Å². The lowest BCUT2D eigenvalue weighted by atomic mass is 10.0. The predicted molar refractivity (Wildman–Crippen MR) is 76.1 cm³/mol. The number of nitrogens with two attached hydrogens (primary N) is 1. The molecule has 19 heavy (non-hydrogen) atoms. The summed E-state index contributed by atoms with van der Waals surface area (Å²) >= 11 is 0. The van der Waals surface area contributed by atoms with E-state index in [1.54, 1.807) is 0 Å². The van der Waals surface area contributed by atoms with Gasteiger partial charge in [0.2, 0.25) is 5.91 Å². The Hall–Kier alpha value is -1.39. The van der Waals surface area contributed by atoms with Crippen molar-refractivity contribution in [3.05, 3.63) is 35.4 Å². The predicted octanol–water partition coefficient (Wildman–Crippen LogP) is 1.45. The van der Waals surface area contributed by atoms with Gasteiger partial charge in [-0.15, -0.1) is 0 Å². The van der Waals surface area contributed by atoms with Gasteiger partial charge >= 0.3 is 0 Å². The standard InChI is InChI=1S/C15H23N3O/c1-11(15(19)17-16)12(2)18-9-5-8-13-6-3-4-7-14(13)10-18/h3-4,6-7,11-12H,5,8-10,16H2,1-2H3,(H,17,19). The quantitative estimate of drug-likeness (QED) is 0.492. The molecule has 1 aromatic rings. The van der Waals surface area contributed by atoms with E-state index in [0.29, 0.717) is 0 Å². The molecular formula is C15H23N3O. The van der Waals surface area contributed by atoms with Crippen LogP contribution in [0.4, 0.5) is 0 Å². The van der Waals surface area contributed by atoms with Crippen LogP contribution < -0.4 is 11.3 Å². The third-order valence-electron chi connectivity index (χ3n) is 4.24. The summed E-state index contributed by atoms with van der Waals surface area (Å²) in [7, 11) is 0. The number of nitrogens with one attached hydrogen (secondary N) is 1. The fourth-order valence-electron chi connectivity index (χ4n) is 2.74. The number of hydrogen-bond donors (Lipinski definition) is 2. The average molecular weight is 261 g/mol. The molecule has 1 aliphatic heterocycles. The lowest BCUT2D eigenvalue weighted by Crippen LogP contribution is -2.45. The monoisotopic (exact) mass is 261 g/mol. The Morgan fingerprint density at radius 3 is 2.68 bits per heavy atom. The fraction of sp³-hybridized carbons (Fsp3) is 0.533. The van der Waals surface area contributed by atoms with E-state index in [-0.39, 0.29) is 17.9 Å². The van der Waals surface area contributed by atoms with E-state index in [9.17, 15) is 4.79 Å². The molecule has 0 spiro atoms. The summed E-state index contributed by atoms with van der Waals surface area (Å²) < 4.78 is 0. The zero-order valence-corrected chi connectivity index (χ0v) is 11.7. The lowest BCUT2D eigenvalue weighted by molar-refractivity contribution is -0.126. The summed E-state index contributed by atoms with van der Waals surface area (Å²) in [4.78, 5) is 14.0. The number of carbonyl (C=O) groups is 1. The topological polar surface area (TPSA) is 58.4 Å². The first kappa shape index (κ1) is 14.0. The van der Waals surface area contributed by atoms with Gasteiger partial charge in [-0.05, 0) is 37.4 Å². The van der Waals surface area contributed by atoms with Crippen LogP contribution in [0, 0.1) is 5.92 Å². The maximum Gasteiger partial charge on any atom is 0.238 e. The molecule has 104 valence electrons. The second-order valence-corrected chi connectivity index (χ2v) is 5.38. The molecule has 4 nitrogen and oxygen atoms in total. The highest BCUT2D eigenvalue weighted by Gasteiger charge is 2.26. The highest BCUT2D eigenvalue weighted by atomic mass is 16.2. The van der Waals surface area contributed by atoms with E-state index >= 15 is 0 Å². The second-order valence-electron chi connectivity index (χ2n) is 5.38. The van der Waals surface area contributed by atoms with Crippen LogP contribution in [0.25, 0.3) is 0 Å². The normalized spacial score (nSPS) is 19.1. The molecule has 0 aliphatic carbocycles. The smallest absolute Gasteiger partial charge is 0.238 e. The van der Waals surface area contributed by atoms with E-state index in [1.165, 1.54) is 11.1 Å². The molecular weight excluding hydrogens is 238 g/mol. The van der Waals surface area contributed by atoms with Gasteiger partial charge < -0.3 is 0 Å². The van der Waals surface area contributed by atoms with E-state index in [1.807, 2.05) is 6.92 Å². The van der Waals surface area contributed by atoms with Crippen molar-refractivity contribution < 1.29 is 4.79 Å². The minimum atomic E-state index is -0.102. The second kappa shape index (κ2) is 6.17. The highest BCUT2D eigenvalue weighted by Crippen LogP contribution is 2.22. The Kier molecular flexibility index (Phi) is 4.56. The Labute approximate surface area is 114 Å². The summed E-state index contributed by atoms with van der Waals surface area (Å²) in [5.74, 6) is 5.04. The Balaban J connectivity index is 2.12. The zero-order valence-electron chi connectivity index (χ0n) is 11.7. The summed E-state index contributed by atoms with van der Waals surface area (Å²) in [6.45, 7) is 5.98.